The Morgan fingerprint density at radius 2 is 2.21 bits per heavy atom. The molecule has 4 heteroatoms. The van der Waals surface area contributed by atoms with Crippen molar-refractivity contribution in [1.82, 2.24) is 9.55 Å². The van der Waals surface area contributed by atoms with E-state index in [2.05, 4.69) is 52.3 Å². The highest BCUT2D eigenvalue weighted by molar-refractivity contribution is 14.1. The lowest BCUT2D eigenvalue weighted by atomic mass is 9.74. The summed E-state index contributed by atoms with van der Waals surface area (Å²) in [7, 11) is 0. The molecule has 3 rings (SSSR count). The molecule has 19 heavy (non-hydrogen) atoms. The van der Waals surface area contributed by atoms with Crippen LogP contribution >= 0.6 is 34.2 Å². The number of alkyl halides is 1. The summed E-state index contributed by atoms with van der Waals surface area (Å²) in [5, 5.41) is 0. The molecule has 1 aliphatic carbocycles. The number of halogens is 2. The third-order valence-corrected chi connectivity index (χ3v) is 5.28. The summed E-state index contributed by atoms with van der Waals surface area (Å²) in [6.07, 6.45) is 5.92. The summed E-state index contributed by atoms with van der Waals surface area (Å²) >= 11 is 8.31. The lowest BCUT2D eigenvalue weighted by Crippen LogP contribution is -2.41. The van der Waals surface area contributed by atoms with E-state index in [-0.39, 0.29) is 0 Å². The zero-order chi connectivity index (χ0) is 13.5. The second kappa shape index (κ2) is 5.24. The Balaban J connectivity index is 2.21. The zero-order valence-electron chi connectivity index (χ0n) is 11.1. The van der Waals surface area contributed by atoms with Crippen LogP contribution in [0.1, 0.15) is 38.4 Å². The summed E-state index contributed by atoms with van der Waals surface area (Å²) in [5.41, 5.74) is 2.69. The Bertz CT molecular complexity index is 596. The van der Waals surface area contributed by atoms with E-state index in [4.69, 9.17) is 16.6 Å². The van der Waals surface area contributed by atoms with Gasteiger partial charge in [0.2, 0.25) is 0 Å². The van der Waals surface area contributed by atoms with Gasteiger partial charge in [-0.3, -0.25) is 0 Å². The average molecular weight is 389 g/mol. The maximum absolute atomic E-state index is 5.97. The van der Waals surface area contributed by atoms with Crippen LogP contribution in [0.15, 0.2) is 18.2 Å². The molecule has 0 atom stereocenters. The molecule has 1 aromatic heterocycles. The van der Waals surface area contributed by atoms with Crippen LogP contribution in [0.5, 0.6) is 0 Å². The minimum atomic E-state index is 0.295. The number of rotatable bonds is 4. The van der Waals surface area contributed by atoms with Crippen molar-refractivity contribution in [2.45, 2.75) is 44.6 Å². The Kier molecular flexibility index (Phi) is 3.78. The van der Waals surface area contributed by atoms with Crippen LogP contribution in [0, 0.1) is 3.57 Å². The predicted octanol–water partition coefficient (Wildman–Crippen LogP) is 4.71. The monoisotopic (exact) mass is 388 g/mol. The van der Waals surface area contributed by atoms with Gasteiger partial charge >= 0.3 is 0 Å². The molecule has 0 unspecified atom stereocenters. The van der Waals surface area contributed by atoms with E-state index < -0.39 is 0 Å². The van der Waals surface area contributed by atoms with Crippen molar-refractivity contribution < 1.29 is 0 Å². The predicted molar refractivity (Wildman–Crippen MR) is 89.0 cm³/mol. The molecule has 0 amide bonds. The van der Waals surface area contributed by atoms with Gasteiger partial charge in [-0.2, -0.15) is 0 Å². The van der Waals surface area contributed by atoms with Gasteiger partial charge < -0.3 is 4.57 Å². The second-order valence-electron chi connectivity index (χ2n) is 5.37. The SMILES string of the molecule is CCC1(n2c(CCCl)nc3cc(I)ccc32)CCC1. The standard InChI is InChI=1S/C15H18ClIN2/c1-2-15(7-3-8-15)19-13-5-4-11(17)10-12(13)18-14(19)6-9-16/h4-5,10H,2-3,6-9H2,1H3. The van der Waals surface area contributed by atoms with Gasteiger partial charge in [0.25, 0.3) is 0 Å². The lowest BCUT2D eigenvalue weighted by Gasteiger charge is -2.44. The van der Waals surface area contributed by atoms with Crippen LogP contribution in [0.2, 0.25) is 0 Å². The molecule has 1 aromatic carbocycles. The van der Waals surface area contributed by atoms with E-state index in [1.165, 1.54) is 34.8 Å². The molecule has 0 radical (unpaired) electrons. The number of aryl methyl sites for hydroxylation is 1. The molecule has 1 fully saturated rings. The molecular formula is C15H18ClIN2. The second-order valence-corrected chi connectivity index (χ2v) is 6.99. The van der Waals surface area contributed by atoms with Gasteiger partial charge in [0, 0.05) is 21.4 Å². The number of benzene rings is 1. The molecule has 0 N–H and O–H groups in total. The summed E-state index contributed by atoms with van der Waals surface area (Å²) in [6, 6.07) is 6.57. The van der Waals surface area contributed by atoms with Crippen molar-refractivity contribution in [1.29, 1.82) is 0 Å². The minimum absolute atomic E-state index is 0.295. The van der Waals surface area contributed by atoms with Gasteiger partial charge in [-0.25, -0.2) is 4.98 Å². The maximum atomic E-state index is 5.97. The average Bonchev–Trinajstić information content (AvgIpc) is 2.68. The minimum Gasteiger partial charge on any atom is -0.322 e. The van der Waals surface area contributed by atoms with Crippen molar-refractivity contribution >= 4 is 45.2 Å². The van der Waals surface area contributed by atoms with Crippen LogP contribution in [0.3, 0.4) is 0 Å². The summed E-state index contributed by atoms with van der Waals surface area (Å²) in [4.78, 5) is 4.83. The zero-order valence-corrected chi connectivity index (χ0v) is 14.0. The molecule has 1 heterocycles. The number of hydrogen-bond acceptors (Lipinski definition) is 1. The maximum Gasteiger partial charge on any atom is 0.111 e. The fraction of sp³-hybridized carbons (Fsp3) is 0.533. The summed E-state index contributed by atoms with van der Waals surface area (Å²) in [6.45, 7) is 2.29. The number of aromatic nitrogens is 2. The van der Waals surface area contributed by atoms with E-state index in [0.717, 1.165) is 17.8 Å². The molecule has 102 valence electrons. The van der Waals surface area contributed by atoms with Crippen LogP contribution in [0.4, 0.5) is 0 Å². The van der Waals surface area contributed by atoms with Crippen LogP contribution in [-0.4, -0.2) is 15.4 Å². The normalized spacial score (nSPS) is 17.6. The fourth-order valence-corrected chi connectivity index (χ4v) is 3.85. The highest BCUT2D eigenvalue weighted by Gasteiger charge is 2.39. The molecule has 1 saturated carbocycles. The van der Waals surface area contributed by atoms with Gasteiger partial charge in [-0.05, 0) is 66.5 Å². The number of nitrogens with zero attached hydrogens (tertiary/aromatic N) is 2. The fourth-order valence-electron chi connectivity index (χ4n) is 3.20. The highest BCUT2D eigenvalue weighted by Crippen LogP contribution is 2.44. The van der Waals surface area contributed by atoms with E-state index in [1.807, 2.05) is 0 Å². The molecule has 2 aromatic rings. The number of hydrogen-bond donors (Lipinski definition) is 0. The van der Waals surface area contributed by atoms with Crippen molar-refractivity contribution in [3.8, 4) is 0 Å². The Morgan fingerprint density at radius 1 is 1.42 bits per heavy atom. The first-order valence-electron chi connectivity index (χ1n) is 6.93. The first-order valence-corrected chi connectivity index (χ1v) is 8.55. The summed E-state index contributed by atoms with van der Waals surface area (Å²) in [5.74, 6) is 1.80. The van der Waals surface area contributed by atoms with Crippen molar-refractivity contribution in [2.24, 2.45) is 0 Å². The van der Waals surface area contributed by atoms with E-state index in [9.17, 15) is 0 Å². The highest BCUT2D eigenvalue weighted by atomic mass is 127. The third-order valence-electron chi connectivity index (χ3n) is 4.42. The van der Waals surface area contributed by atoms with Crippen molar-refractivity contribution in [3.63, 3.8) is 0 Å². The van der Waals surface area contributed by atoms with Gasteiger partial charge in [0.05, 0.1) is 11.0 Å². The van der Waals surface area contributed by atoms with Crippen molar-refractivity contribution in [3.05, 3.63) is 27.6 Å². The Labute approximate surface area is 132 Å². The topological polar surface area (TPSA) is 17.8 Å². The third kappa shape index (κ3) is 2.19. The van der Waals surface area contributed by atoms with Gasteiger partial charge in [-0.1, -0.05) is 6.92 Å². The number of imidazole rings is 1. The molecule has 0 spiro atoms. The Morgan fingerprint density at radius 3 is 2.79 bits per heavy atom. The molecule has 1 aliphatic rings. The van der Waals surface area contributed by atoms with Gasteiger partial charge in [-0.15, -0.1) is 11.6 Å². The first-order chi connectivity index (χ1) is 9.20. The lowest BCUT2D eigenvalue weighted by molar-refractivity contribution is 0.137. The smallest absolute Gasteiger partial charge is 0.111 e. The van der Waals surface area contributed by atoms with Crippen LogP contribution in [-0.2, 0) is 12.0 Å². The largest absolute Gasteiger partial charge is 0.322 e. The summed E-state index contributed by atoms with van der Waals surface area (Å²) < 4.78 is 3.73. The number of fused-ring (bicyclic) bond motifs is 1. The molecule has 0 aliphatic heterocycles. The molecule has 0 saturated heterocycles. The molecule has 2 nitrogen and oxygen atoms in total. The quantitative estimate of drug-likeness (QED) is 0.548. The first kappa shape index (κ1) is 13.7. The van der Waals surface area contributed by atoms with Crippen LogP contribution in [0.25, 0.3) is 11.0 Å². The molecule has 0 bridgehead atoms. The van der Waals surface area contributed by atoms with Gasteiger partial charge in [0.15, 0.2) is 0 Å². The van der Waals surface area contributed by atoms with E-state index in [1.54, 1.807) is 0 Å². The van der Waals surface area contributed by atoms with Gasteiger partial charge in [0.1, 0.15) is 5.82 Å². The van der Waals surface area contributed by atoms with Crippen LogP contribution < -0.4 is 0 Å². The van der Waals surface area contributed by atoms with E-state index >= 15 is 0 Å². The Hall–Kier alpha value is -0.290. The van der Waals surface area contributed by atoms with Crippen molar-refractivity contribution in [2.75, 3.05) is 5.88 Å². The van der Waals surface area contributed by atoms with E-state index in [0.29, 0.717) is 11.4 Å². The molecular weight excluding hydrogens is 371 g/mol.